The van der Waals surface area contributed by atoms with E-state index in [4.69, 9.17) is 5.73 Å². The quantitative estimate of drug-likeness (QED) is 0.796. The zero-order chi connectivity index (χ0) is 11.8. The van der Waals surface area contributed by atoms with Crippen molar-refractivity contribution in [1.29, 1.82) is 0 Å². The van der Waals surface area contributed by atoms with Crippen LogP contribution in [0.25, 0.3) is 11.0 Å². The average Bonchev–Trinajstić information content (AvgIpc) is 2.93. The molecule has 3 N–H and O–H groups in total. The summed E-state index contributed by atoms with van der Waals surface area (Å²) < 4.78 is 2.18. The Labute approximate surface area is 104 Å². The van der Waals surface area contributed by atoms with E-state index in [9.17, 15) is 5.11 Å². The van der Waals surface area contributed by atoms with E-state index in [1.165, 1.54) is 5.75 Å². The molecule has 0 amide bonds. The number of anilines is 1. The van der Waals surface area contributed by atoms with E-state index in [-0.39, 0.29) is 6.61 Å². The van der Waals surface area contributed by atoms with E-state index < -0.39 is 0 Å². The van der Waals surface area contributed by atoms with E-state index in [0.29, 0.717) is 11.7 Å². The molecule has 17 heavy (non-hydrogen) atoms. The highest BCUT2D eigenvalue weighted by Gasteiger charge is 2.22. The molecule has 2 heterocycles. The standard InChI is InChI=1S/C12H15N3OS/c13-8-1-2-11-10(5-8)14-12(6-16)15(11)9-3-4-17-7-9/h1-2,5,9,16H,3-4,6-7,13H2. The Morgan fingerprint density at radius 3 is 3.12 bits per heavy atom. The van der Waals surface area contributed by atoms with Crippen LogP contribution in [-0.2, 0) is 6.61 Å². The van der Waals surface area contributed by atoms with Crippen molar-refractivity contribution >= 4 is 28.5 Å². The highest BCUT2D eigenvalue weighted by Crippen LogP contribution is 2.32. The Balaban J connectivity index is 2.19. The lowest BCUT2D eigenvalue weighted by molar-refractivity contribution is 0.263. The third-order valence-corrected chi connectivity index (χ3v) is 4.34. The molecule has 0 aliphatic carbocycles. The van der Waals surface area contributed by atoms with Crippen LogP contribution in [-0.4, -0.2) is 26.2 Å². The lowest BCUT2D eigenvalue weighted by atomic mass is 10.2. The molecule has 1 aliphatic heterocycles. The lowest BCUT2D eigenvalue weighted by Gasteiger charge is -2.14. The molecule has 1 aliphatic rings. The van der Waals surface area contributed by atoms with Gasteiger partial charge in [0.15, 0.2) is 0 Å². The fraction of sp³-hybridized carbons (Fsp3) is 0.417. The summed E-state index contributed by atoms with van der Waals surface area (Å²) in [5, 5.41) is 9.43. The zero-order valence-corrected chi connectivity index (χ0v) is 10.3. The molecule has 0 spiro atoms. The van der Waals surface area contributed by atoms with Gasteiger partial charge in [0.1, 0.15) is 12.4 Å². The van der Waals surface area contributed by atoms with Gasteiger partial charge in [-0.1, -0.05) is 0 Å². The number of aliphatic hydroxyl groups excluding tert-OH is 1. The van der Waals surface area contributed by atoms with Gasteiger partial charge in [-0.3, -0.25) is 0 Å². The van der Waals surface area contributed by atoms with E-state index in [1.807, 2.05) is 30.0 Å². The van der Waals surface area contributed by atoms with Gasteiger partial charge in [-0.05, 0) is 30.4 Å². The molecule has 0 saturated carbocycles. The Morgan fingerprint density at radius 1 is 1.53 bits per heavy atom. The van der Waals surface area contributed by atoms with Crippen LogP contribution in [0.4, 0.5) is 5.69 Å². The van der Waals surface area contributed by atoms with Crippen LogP contribution in [0.3, 0.4) is 0 Å². The minimum Gasteiger partial charge on any atom is -0.399 e. The van der Waals surface area contributed by atoms with Crippen LogP contribution in [0, 0.1) is 0 Å². The molecule has 2 aromatic rings. The SMILES string of the molecule is Nc1ccc2c(c1)nc(CO)n2C1CCSC1. The smallest absolute Gasteiger partial charge is 0.135 e. The van der Waals surface area contributed by atoms with Crippen molar-refractivity contribution in [3.05, 3.63) is 24.0 Å². The maximum absolute atomic E-state index is 9.43. The second-order valence-electron chi connectivity index (χ2n) is 4.32. The van der Waals surface area contributed by atoms with Crippen molar-refractivity contribution in [2.24, 2.45) is 0 Å². The molecule has 1 fully saturated rings. The van der Waals surface area contributed by atoms with Gasteiger partial charge in [0.25, 0.3) is 0 Å². The number of benzene rings is 1. The fourth-order valence-electron chi connectivity index (χ4n) is 2.41. The number of nitrogens with zero attached hydrogens (tertiary/aromatic N) is 2. The second kappa shape index (κ2) is 4.23. The molecule has 5 heteroatoms. The number of fused-ring (bicyclic) bond motifs is 1. The molecule has 1 atom stereocenters. The van der Waals surface area contributed by atoms with E-state index >= 15 is 0 Å². The summed E-state index contributed by atoms with van der Waals surface area (Å²) in [6, 6.07) is 6.21. The molecule has 1 saturated heterocycles. The summed E-state index contributed by atoms with van der Waals surface area (Å²) >= 11 is 1.96. The summed E-state index contributed by atoms with van der Waals surface area (Å²) in [5.41, 5.74) is 8.44. The average molecular weight is 249 g/mol. The molecule has 0 radical (unpaired) electrons. The predicted octanol–water partition coefficient (Wildman–Crippen LogP) is 1.79. The van der Waals surface area contributed by atoms with Gasteiger partial charge in [0, 0.05) is 17.5 Å². The van der Waals surface area contributed by atoms with Crippen LogP contribution >= 0.6 is 11.8 Å². The minimum absolute atomic E-state index is 0.0181. The van der Waals surface area contributed by atoms with Crippen molar-refractivity contribution in [2.45, 2.75) is 19.1 Å². The van der Waals surface area contributed by atoms with E-state index in [2.05, 4.69) is 9.55 Å². The second-order valence-corrected chi connectivity index (χ2v) is 5.47. The molecular weight excluding hydrogens is 234 g/mol. The fourth-order valence-corrected chi connectivity index (χ4v) is 3.60. The van der Waals surface area contributed by atoms with Crippen LogP contribution in [0.2, 0.25) is 0 Å². The summed E-state index contributed by atoms with van der Waals surface area (Å²) in [6.45, 7) is -0.0181. The lowest BCUT2D eigenvalue weighted by Crippen LogP contribution is -2.11. The molecule has 1 aromatic heterocycles. The zero-order valence-electron chi connectivity index (χ0n) is 9.47. The van der Waals surface area contributed by atoms with Crippen LogP contribution < -0.4 is 5.73 Å². The molecule has 90 valence electrons. The third-order valence-electron chi connectivity index (χ3n) is 3.20. The number of hydrogen-bond acceptors (Lipinski definition) is 4. The number of rotatable bonds is 2. The van der Waals surface area contributed by atoms with Crippen molar-refractivity contribution in [2.75, 3.05) is 17.2 Å². The first-order chi connectivity index (χ1) is 8.29. The molecule has 1 aromatic carbocycles. The highest BCUT2D eigenvalue weighted by molar-refractivity contribution is 7.99. The van der Waals surface area contributed by atoms with Crippen LogP contribution in [0.15, 0.2) is 18.2 Å². The predicted molar refractivity (Wildman–Crippen MR) is 71.0 cm³/mol. The highest BCUT2D eigenvalue weighted by atomic mass is 32.2. The number of aliphatic hydroxyl groups is 1. The number of nitrogens with two attached hydrogens (primary N) is 1. The monoisotopic (exact) mass is 249 g/mol. The number of aromatic nitrogens is 2. The Hall–Kier alpha value is -1.20. The maximum atomic E-state index is 9.43. The van der Waals surface area contributed by atoms with Crippen LogP contribution in [0.1, 0.15) is 18.3 Å². The third kappa shape index (κ3) is 1.79. The summed E-state index contributed by atoms with van der Waals surface area (Å²) in [7, 11) is 0. The first-order valence-electron chi connectivity index (χ1n) is 5.74. The van der Waals surface area contributed by atoms with Gasteiger partial charge in [0.2, 0.25) is 0 Å². The van der Waals surface area contributed by atoms with Crippen molar-refractivity contribution < 1.29 is 5.11 Å². The van der Waals surface area contributed by atoms with Crippen molar-refractivity contribution in [3.8, 4) is 0 Å². The molecule has 3 rings (SSSR count). The Morgan fingerprint density at radius 2 is 2.41 bits per heavy atom. The van der Waals surface area contributed by atoms with Crippen molar-refractivity contribution in [3.63, 3.8) is 0 Å². The summed E-state index contributed by atoms with van der Waals surface area (Å²) in [5.74, 6) is 3.03. The minimum atomic E-state index is -0.0181. The van der Waals surface area contributed by atoms with E-state index in [1.54, 1.807) is 0 Å². The topological polar surface area (TPSA) is 64.1 Å². The molecule has 0 bridgehead atoms. The molecule has 1 unspecified atom stereocenters. The largest absolute Gasteiger partial charge is 0.399 e. The van der Waals surface area contributed by atoms with Gasteiger partial charge in [-0.2, -0.15) is 11.8 Å². The maximum Gasteiger partial charge on any atom is 0.135 e. The number of nitrogen functional groups attached to an aromatic ring is 1. The molecular formula is C12H15N3OS. The van der Waals surface area contributed by atoms with Gasteiger partial charge in [-0.25, -0.2) is 4.98 Å². The number of imidazole rings is 1. The number of thioether (sulfide) groups is 1. The number of hydrogen-bond donors (Lipinski definition) is 2. The first-order valence-corrected chi connectivity index (χ1v) is 6.90. The first kappa shape index (κ1) is 10.9. The normalized spacial score (nSPS) is 20.2. The van der Waals surface area contributed by atoms with E-state index in [0.717, 1.165) is 29.0 Å². The molecule has 4 nitrogen and oxygen atoms in total. The van der Waals surface area contributed by atoms with Crippen LogP contribution in [0.5, 0.6) is 0 Å². The van der Waals surface area contributed by atoms with Gasteiger partial charge in [-0.15, -0.1) is 0 Å². The van der Waals surface area contributed by atoms with Gasteiger partial charge < -0.3 is 15.4 Å². The Kier molecular flexibility index (Phi) is 2.72. The summed E-state index contributed by atoms with van der Waals surface area (Å²) in [4.78, 5) is 4.46. The Bertz CT molecular complexity index is 546. The van der Waals surface area contributed by atoms with Gasteiger partial charge >= 0.3 is 0 Å². The summed E-state index contributed by atoms with van der Waals surface area (Å²) in [6.07, 6.45) is 1.15. The van der Waals surface area contributed by atoms with Crippen molar-refractivity contribution in [1.82, 2.24) is 9.55 Å². The van der Waals surface area contributed by atoms with Gasteiger partial charge in [0.05, 0.1) is 11.0 Å².